The number of nitrogens with two attached hydrogens (primary N) is 1. The number of thiophene rings is 1. The van der Waals surface area contributed by atoms with Crippen LogP contribution in [0.1, 0.15) is 34.1 Å². The molecule has 0 bridgehead atoms. The van der Waals surface area contributed by atoms with Crippen molar-refractivity contribution in [3.05, 3.63) is 51.2 Å². The van der Waals surface area contributed by atoms with Gasteiger partial charge in [-0.05, 0) is 48.4 Å². The zero-order valence-corrected chi connectivity index (χ0v) is 12.4. The number of halogens is 1. The van der Waals surface area contributed by atoms with Crippen LogP contribution in [0.5, 0.6) is 0 Å². The number of hydrogen-bond donors (Lipinski definition) is 2. The summed E-state index contributed by atoms with van der Waals surface area (Å²) >= 11 is 7.73. The van der Waals surface area contributed by atoms with Gasteiger partial charge in [0.2, 0.25) is 5.91 Å². The van der Waals surface area contributed by atoms with E-state index < -0.39 is 5.91 Å². The van der Waals surface area contributed by atoms with Crippen LogP contribution < -0.4 is 11.1 Å². The van der Waals surface area contributed by atoms with Crippen LogP contribution in [0.15, 0.2) is 35.7 Å². The third-order valence-electron chi connectivity index (χ3n) is 3.50. The number of benzene rings is 1. The van der Waals surface area contributed by atoms with Crippen molar-refractivity contribution < 1.29 is 4.79 Å². The van der Waals surface area contributed by atoms with Gasteiger partial charge in [-0.25, -0.2) is 0 Å². The van der Waals surface area contributed by atoms with E-state index in [4.69, 9.17) is 17.3 Å². The number of carbonyl (C=O) groups is 1. The second kappa shape index (κ2) is 5.46. The fraction of sp³-hybridized carbons (Fsp3) is 0.267. The highest BCUT2D eigenvalue weighted by atomic mass is 35.5. The Hall–Kier alpha value is -1.52. The van der Waals surface area contributed by atoms with Gasteiger partial charge in [0, 0.05) is 10.6 Å². The number of anilines is 1. The molecule has 1 fully saturated rings. The standard InChI is InChI=1S/C15H15ClN2OS/c16-12-6-5-10(8-11(12)15(17)19)18-14(9-3-4-9)13-2-1-7-20-13/h1-2,5-9,14,18H,3-4H2,(H2,17,19). The minimum atomic E-state index is -0.502. The predicted octanol–water partition coefficient (Wildman–Crippen LogP) is 4.06. The minimum absolute atomic E-state index is 0.303. The van der Waals surface area contributed by atoms with Gasteiger partial charge >= 0.3 is 0 Å². The molecule has 2 aromatic rings. The maximum Gasteiger partial charge on any atom is 0.250 e. The van der Waals surface area contributed by atoms with Gasteiger partial charge in [0.05, 0.1) is 16.6 Å². The molecular formula is C15H15ClN2OS. The van der Waals surface area contributed by atoms with Crippen LogP contribution in [-0.4, -0.2) is 5.91 Å². The molecule has 1 aliphatic rings. The zero-order valence-electron chi connectivity index (χ0n) is 10.8. The molecule has 1 aromatic heterocycles. The topological polar surface area (TPSA) is 55.1 Å². The molecule has 3 nitrogen and oxygen atoms in total. The molecule has 1 heterocycles. The maximum atomic E-state index is 11.3. The number of rotatable bonds is 5. The average molecular weight is 307 g/mol. The Morgan fingerprint density at radius 1 is 1.40 bits per heavy atom. The van der Waals surface area contributed by atoms with E-state index in [1.54, 1.807) is 23.5 Å². The van der Waals surface area contributed by atoms with E-state index in [0.29, 0.717) is 22.5 Å². The summed E-state index contributed by atoms with van der Waals surface area (Å²) in [4.78, 5) is 12.7. The van der Waals surface area contributed by atoms with Crippen LogP contribution in [0.2, 0.25) is 5.02 Å². The van der Waals surface area contributed by atoms with Crippen molar-refractivity contribution in [2.75, 3.05) is 5.32 Å². The summed E-state index contributed by atoms with van der Waals surface area (Å²) in [5, 5.41) is 5.99. The Kier molecular flexibility index (Phi) is 3.68. The molecule has 0 aliphatic heterocycles. The first-order valence-corrected chi connectivity index (χ1v) is 7.80. The van der Waals surface area contributed by atoms with Gasteiger partial charge in [0.25, 0.3) is 0 Å². The van der Waals surface area contributed by atoms with E-state index in [0.717, 1.165) is 5.69 Å². The predicted molar refractivity (Wildman–Crippen MR) is 83.4 cm³/mol. The SMILES string of the molecule is NC(=O)c1cc(NC(c2cccs2)C2CC2)ccc1Cl. The van der Waals surface area contributed by atoms with Gasteiger partial charge in [-0.15, -0.1) is 11.3 Å². The molecule has 0 radical (unpaired) electrons. The number of primary amides is 1. The highest BCUT2D eigenvalue weighted by Gasteiger charge is 2.33. The summed E-state index contributed by atoms with van der Waals surface area (Å²) in [5.74, 6) is 0.166. The second-order valence-corrected chi connectivity index (χ2v) is 6.42. The first-order valence-electron chi connectivity index (χ1n) is 6.54. The first kappa shape index (κ1) is 13.5. The van der Waals surface area contributed by atoms with Gasteiger partial charge in [0.15, 0.2) is 0 Å². The Bertz CT molecular complexity index is 623. The van der Waals surface area contributed by atoms with E-state index >= 15 is 0 Å². The normalized spacial score (nSPS) is 15.8. The molecule has 1 saturated carbocycles. The molecule has 1 aromatic carbocycles. The van der Waals surface area contributed by atoms with E-state index in [-0.39, 0.29) is 0 Å². The van der Waals surface area contributed by atoms with E-state index in [2.05, 4.69) is 22.8 Å². The molecule has 1 aliphatic carbocycles. The Morgan fingerprint density at radius 3 is 2.80 bits per heavy atom. The lowest BCUT2D eigenvalue weighted by molar-refractivity contribution is 0.100. The second-order valence-electron chi connectivity index (χ2n) is 5.03. The van der Waals surface area contributed by atoms with E-state index in [1.165, 1.54) is 17.7 Å². The van der Waals surface area contributed by atoms with Crippen molar-refractivity contribution in [3.63, 3.8) is 0 Å². The summed E-state index contributed by atoms with van der Waals surface area (Å²) in [6.07, 6.45) is 2.48. The van der Waals surface area contributed by atoms with Crippen LogP contribution in [0.25, 0.3) is 0 Å². The number of amides is 1. The smallest absolute Gasteiger partial charge is 0.250 e. The summed E-state index contributed by atoms with van der Waals surface area (Å²) in [5.41, 5.74) is 6.57. The number of nitrogens with one attached hydrogen (secondary N) is 1. The molecule has 20 heavy (non-hydrogen) atoms. The van der Waals surface area contributed by atoms with Gasteiger partial charge in [-0.2, -0.15) is 0 Å². The lowest BCUT2D eigenvalue weighted by atomic mass is 10.1. The molecule has 1 atom stereocenters. The largest absolute Gasteiger partial charge is 0.377 e. The number of carbonyl (C=O) groups excluding carboxylic acids is 1. The van der Waals surface area contributed by atoms with Gasteiger partial charge in [0.1, 0.15) is 0 Å². The minimum Gasteiger partial charge on any atom is -0.377 e. The van der Waals surface area contributed by atoms with Crippen LogP contribution in [0, 0.1) is 5.92 Å². The van der Waals surface area contributed by atoms with Crippen molar-refractivity contribution >= 4 is 34.5 Å². The molecule has 3 rings (SSSR count). The van der Waals surface area contributed by atoms with Crippen molar-refractivity contribution in [2.24, 2.45) is 11.7 Å². The molecule has 1 amide bonds. The lowest BCUT2D eigenvalue weighted by Gasteiger charge is -2.19. The fourth-order valence-corrected chi connectivity index (χ4v) is 3.38. The van der Waals surface area contributed by atoms with Crippen molar-refractivity contribution in [3.8, 4) is 0 Å². The third-order valence-corrected chi connectivity index (χ3v) is 4.78. The summed E-state index contributed by atoms with van der Waals surface area (Å²) in [6.45, 7) is 0. The van der Waals surface area contributed by atoms with Gasteiger partial charge < -0.3 is 11.1 Å². The van der Waals surface area contributed by atoms with Crippen LogP contribution >= 0.6 is 22.9 Å². The molecule has 0 spiro atoms. The molecule has 104 valence electrons. The first-order chi connectivity index (χ1) is 9.65. The lowest BCUT2D eigenvalue weighted by Crippen LogP contribution is -2.14. The van der Waals surface area contributed by atoms with Crippen molar-refractivity contribution in [1.82, 2.24) is 0 Å². The fourth-order valence-electron chi connectivity index (χ4n) is 2.30. The Morgan fingerprint density at radius 2 is 2.20 bits per heavy atom. The van der Waals surface area contributed by atoms with E-state index in [1.807, 2.05) is 6.07 Å². The quantitative estimate of drug-likeness (QED) is 0.875. The number of hydrogen-bond acceptors (Lipinski definition) is 3. The highest BCUT2D eigenvalue weighted by Crippen LogP contribution is 2.44. The summed E-state index contributed by atoms with van der Waals surface area (Å²) < 4.78 is 0. The molecular weight excluding hydrogens is 292 g/mol. The van der Waals surface area contributed by atoms with Crippen LogP contribution in [0.3, 0.4) is 0 Å². The van der Waals surface area contributed by atoms with Crippen molar-refractivity contribution in [2.45, 2.75) is 18.9 Å². The average Bonchev–Trinajstić information content (AvgIpc) is 3.12. The molecule has 1 unspecified atom stereocenters. The molecule has 5 heteroatoms. The molecule has 3 N–H and O–H groups in total. The summed E-state index contributed by atoms with van der Waals surface area (Å²) in [7, 11) is 0. The Labute approximate surface area is 126 Å². The summed E-state index contributed by atoms with van der Waals surface area (Å²) in [6, 6.07) is 9.84. The van der Waals surface area contributed by atoms with Gasteiger partial charge in [-0.1, -0.05) is 17.7 Å². The van der Waals surface area contributed by atoms with Crippen LogP contribution in [-0.2, 0) is 0 Å². The highest BCUT2D eigenvalue weighted by molar-refractivity contribution is 7.10. The maximum absolute atomic E-state index is 11.3. The third kappa shape index (κ3) is 2.81. The van der Waals surface area contributed by atoms with Crippen molar-refractivity contribution in [1.29, 1.82) is 0 Å². The van der Waals surface area contributed by atoms with Gasteiger partial charge in [-0.3, -0.25) is 4.79 Å². The monoisotopic (exact) mass is 306 g/mol. The Balaban J connectivity index is 1.86. The van der Waals surface area contributed by atoms with E-state index in [9.17, 15) is 4.79 Å². The zero-order chi connectivity index (χ0) is 14.1. The molecule has 0 saturated heterocycles. The van der Waals surface area contributed by atoms with Crippen LogP contribution in [0.4, 0.5) is 5.69 Å².